The van der Waals surface area contributed by atoms with E-state index in [-0.39, 0.29) is 29.4 Å². The molecule has 2 saturated heterocycles. The lowest BCUT2D eigenvalue weighted by Gasteiger charge is -2.42. The highest BCUT2D eigenvalue weighted by molar-refractivity contribution is 5.79. The normalized spacial score (nSPS) is 30.9. The number of nitrogens with zero attached hydrogens (tertiary/aromatic N) is 1. The molecule has 7 nitrogen and oxygen atoms in total. The molecule has 2 aliphatic heterocycles. The van der Waals surface area contributed by atoms with Gasteiger partial charge in [0.2, 0.25) is 11.8 Å². The summed E-state index contributed by atoms with van der Waals surface area (Å²) in [6.45, 7) is 5.65. The number of likely N-dealkylation sites (tertiary alicyclic amines) is 1. The summed E-state index contributed by atoms with van der Waals surface area (Å²) in [7, 11) is 0. The highest BCUT2D eigenvalue weighted by Gasteiger charge is 2.52. The zero-order chi connectivity index (χ0) is 17.4. The molecule has 2 unspecified atom stereocenters. The Balaban J connectivity index is 1.62. The van der Waals surface area contributed by atoms with Crippen LogP contribution in [0.15, 0.2) is 0 Å². The lowest BCUT2D eigenvalue weighted by Crippen LogP contribution is -2.51. The van der Waals surface area contributed by atoms with Crippen molar-refractivity contribution in [1.29, 1.82) is 0 Å². The van der Waals surface area contributed by atoms with Crippen molar-refractivity contribution >= 4 is 11.8 Å². The van der Waals surface area contributed by atoms with E-state index in [9.17, 15) is 9.59 Å². The van der Waals surface area contributed by atoms with Gasteiger partial charge < -0.3 is 24.8 Å². The van der Waals surface area contributed by atoms with Gasteiger partial charge in [-0.25, -0.2) is 0 Å². The van der Waals surface area contributed by atoms with Crippen LogP contribution in [-0.4, -0.2) is 72.5 Å². The summed E-state index contributed by atoms with van der Waals surface area (Å²) in [5, 5.41) is 11.9. The topological polar surface area (TPSA) is 88.1 Å². The summed E-state index contributed by atoms with van der Waals surface area (Å²) in [5.74, 6) is -0.323. The van der Waals surface area contributed by atoms with Gasteiger partial charge in [0.25, 0.3) is 0 Å². The lowest BCUT2D eigenvalue weighted by molar-refractivity contribution is -0.191. The van der Waals surface area contributed by atoms with Crippen LogP contribution in [0.1, 0.15) is 39.5 Å². The van der Waals surface area contributed by atoms with Crippen molar-refractivity contribution in [1.82, 2.24) is 10.2 Å². The minimum Gasteiger partial charge on any atom is -0.387 e. The second-order valence-electron chi connectivity index (χ2n) is 7.78. The van der Waals surface area contributed by atoms with Crippen LogP contribution in [0.3, 0.4) is 0 Å². The number of carbonyl (C=O) groups is 2. The number of hydrogen-bond donors (Lipinski definition) is 2. The van der Waals surface area contributed by atoms with Crippen LogP contribution in [-0.2, 0) is 19.1 Å². The summed E-state index contributed by atoms with van der Waals surface area (Å²) in [5.41, 5.74) is -0.480. The molecule has 0 aromatic carbocycles. The molecule has 2 heterocycles. The molecule has 2 amide bonds. The Kier molecular flexibility index (Phi) is 4.86. The molecule has 0 aromatic rings. The van der Waals surface area contributed by atoms with E-state index in [1.54, 1.807) is 0 Å². The van der Waals surface area contributed by atoms with Gasteiger partial charge in [-0.15, -0.1) is 0 Å². The van der Waals surface area contributed by atoms with Gasteiger partial charge in [-0.2, -0.15) is 0 Å². The van der Waals surface area contributed by atoms with E-state index in [0.29, 0.717) is 32.7 Å². The second kappa shape index (κ2) is 6.61. The number of rotatable bonds is 4. The van der Waals surface area contributed by atoms with E-state index in [0.717, 1.165) is 19.3 Å². The molecule has 2 N–H and O–H groups in total. The molecule has 2 atom stereocenters. The molecule has 3 rings (SSSR count). The van der Waals surface area contributed by atoms with E-state index in [1.807, 2.05) is 18.7 Å². The summed E-state index contributed by atoms with van der Waals surface area (Å²) < 4.78 is 11.5. The van der Waals surface area contributed by atoms with Gasteiger partial charge in [-0.1, -0.05) is 6.42 Å². The van der Waals surface area contributed by atoms with Crippen molar-refractivity contribution in [2.24, 2.45) is 5.41 Å². The summed E-state index contributed by atoms with van der Waals surface area (Å²) in [4.78, 5) is 26.2. The third-order valence-corrected chi connectivity index (χ3v) is 5.84. The van der Waals surface area contributed by atoms with E-state index < -0.39 is 12.2 Å². The highest BCUT2D eigenvalue weighted by atomic mass is 16.6. The minimum atomic E-state index is -0.512. The summed E-state index contributed by atoms with van der Waals surface area (Å²) >= 11 is 0. The number of carbonyl (C=O) groups excluding carboxylic acids is 2. The zero-order valence-corrected chi connectivity index (χ0v) is 14.5. The molecule has 136 valence electrons. The van der Waals surface area contributed by atoms with Crippen LogP contribution in [0.2, 0.25) is 0 Å². The molecule has 3 fully saturated rings. The minimum absolute atomic E-state index is 0.0140. The van der Waals surface area contributed by atoms with E-state index in [2.05, 4.69) is 5.32 Å². The maximum absolute atomic E-state index is 12.8. The average Bonchev–Trinajstić information content (AvgIpc) is 2.89. The summed E-state index contributed by atoms with van der Waals surface area (Å²) in [6, 6.07) is -0.0635. The van der Waals surface area contributed by atoms with Crippen LogP contribution in [0.5, 0.6) is 0 Å². The molecule has 0 radical (unpaired) electrons. The Hall–Kier alpha value is -1.18. The van der Waals surface area contributed by atoms with E-state index in [4.69, 9.17) is 14.6 Å². The van der Waals surface area contributed by atoms with Crippen molar-refractivity contribution in [2.45, 2.75) is 57.3 Å². The number of aliphatic hydroxyl groups excluding tert-OH is 1. The van der Waals surface area contributed by atoms with Crippen molar-refractivity contribution < 1.29 is 24.2 Å². The predicted octanol–water partition coefficient (Wildman–Crippen LogP) is 0.0601. The first-order chi connectivity index (χ1) is 11.4. The SMILES string of the molecule is CC1(C)OCCOC1CC(=O)N1CC(NC(=O)CO)C2(CCC2)C1. The van der Waals surface area contributed by atoms with Crippen LogP contribution in [0.25, 0.3) is 0 Å². The molecule has 1 spiro atoms. The van der Waals surface area contributed by atoms with Gasteiger partial charge in [-0.05, 0) is 26.7 Å². The molecular weight excluding hydrogens is 312 g/mol. The molecule has 24 heavy (non-hydrogen) atoms. The van der Waals surface area contributed by atoms with Gasteiger partial charge in [0, 0.05) is 18.5 Å². The molecule has 7 heteroatoms. The number of nitrogens with one attached hydrogen (secondary N) is 1. The van der Waals surface area contributed by atoms with E-state index in [1.165, 1.54) is 0 Å². The van der Waals surface area contributed by atoms with Gasteiger partial charge in [0.05, 0.1) is 37.4 Å². The first-order valence-corrected chi connectivity index (χ1v) is 8.80. The molecule has 0 aromatic heterocycles. The average molecular weight is 340 g/mol. The largest absolute Gasteiger partial charge is 0.387 e. The fourth-order valence-electron chi connectivity index (χ4n) is 4.12. The Morgan fingerprint density at radius 2 is 2.04 bits per heavy atom. The molecule has 3 aliphatic rings. The quantitative estimate of drug-likeness (QED) is 0.756. The molecule has 1 aliphatic carbocycles. The number of amides is 2. The molecular formula is C17H28N2O5. The number of aliphatic hydroxyl groups is 1. The number of hydrogen-bond acceptors (Lipinski definition) is 5. The Morgan fingerprint density at radius 1 is 1.29 bits per heavy atom. The Labute approximate surface area is 142 Å². The van der Waals surface area contributed by atoms with Gasteiger partial charge >= 0.3 is 0 Å². The Morgan fingerprint density at radius 3 is 2.62 bits per heavy atom. The fraction of sp³-hybridized carbons (Fsp3) is 0.882. The standard InChI is InChI=1S/C17H28N2O5/c1-16(2)13(23-6-7-24-16)8-15(22)19-9-12(18-14(21)10-20)17(11-19)4-3-5-17/h12-13,20H,3-11H2,1-2H3,(H,18,21). The maximum Gasteiger partial charge on any atom is 0.246 e. The molecule has 0 bridgehead atoms. The first kappa shape index (κ1) is 17.6. The lowest BCUT2D eigenvalue weighted by atomic mass is 9.65. The Bertz CT molecular complexity index is 503. The van der Waals surface area contributed by atoms with Crippen molar-refractivity contribution in [3.63, 3.8) is 0 Å². The zero-order valence-electron chi connectivity index (χ0n) is 14.5. The van der Waals surface area contributed by atoms with Gasteiger partial charge in [0.15, 0.2) is 0 Å². The maximum atomic E-state index is 12.8. The van der Waals surface area contributed by atoms with E-state index >= 15 is 0 Å². The van der Waals surface area contributed by atoms with Crippen molar-refractivity contribution in [2.75, 3.05) is 32.9 Å². The third-order valence-electron chi connectivity index (χ3n) is 5.84. The summed E-state index contributed by atoms with van der Waals surface area (Å²) in [6.07, 6.45) is 3.20. The predicted molar refractivity (Wildman–Crippen MR) is 86.3 cm³/mol. The van der Waals surface area contributed by atoms with Crippen LogP contribution >= 0.6 is 0 Å². The smallest absolute Gasteiger partial charge is 0.246 e. The fourth-order valence-corrected chi connectivity index (χ4v) is 4.12. The van der Waals surface area contributed by atoms with Crippen LogP contribution < -0.4 is 5.32 Å². The van der Waals surface area contributed by atoms with Crippen LogP contribution in [0, 0.1) is 5.41 Å². The second-order valence-corrected chi connectivity index (χ2v) is 7.78. The molecule has 1 saturated carbocycles. The van der Waals surface area contributed by atoms with Gasteiger partial charge in [0.1, 0.15) is 6.61 Å². The monoisotopic (exact) mass is 340 g/mol. The van der Waals surface area contributed by atoms with Crippen molar-refractivity contribution in [3.8, 4) is 0 Å². The number of ether oxygens (including phenoxy) is 2. The third kappa shape index (κ3) is 3.30. The van der Waals surface area contributed by atoms with Crippen molar-refractivity contribution in [3.05, 3.63) is 0 Å². The first-order valence-electron chi connectivity index (χ1n) is 8.80. The highest BCUT2D eigenvalue weighted by Crippen LogP contribution is 2.48. The van der Waals surface area contributed by atoms with Gasteiger partial charge in [-0.3, -0.25) is 9.59 Å². The van der Waals surface area contributed by atoms with Crippen LogP contribution in [0.4, 0.5) is 0 Å².